The molecular formula is C14H21N3O2. The van der Waals surface area contributed by atoms with Gasteiger partial charge in [0.05, 0.1) is 0 Å². The lowest BCUT2D eigenvalue weighted by atomic mass is 10.0. The lowest BCUT2D eigenvalue weighted by Gasteiger charge is -2.07. The monoisotopic (exact) mass is 263 g/mol. The molecule has 0 radical (unpaired) electrons. The minimum absolute atomic E-state index is 0.102. The molecule has 0 aliphatic carbocycles. The molecule has 0 aliphatic heterocycles. The van der Waals surface area contributed by atoms with Crippen LogP contribution < -0.4 is 11.1 Å². The second kappa shape index (κ2) is 7.41. The molecule has 1 rings (SSSR count). The standard InChI is InChI=1S/C14H21N3O2/c1-10(2)11-5-7-12(8-6-11)14(18)16-9-3-4-13(15)17-19/h5-8,10,19H,3-4,9H2,1-2H3,(H2,15,17)(H,16,18). The first-order valence-electron chi connectivity index (χ1n) is 6.39. The molecule has 0 spiro atoms. The molecule has 1 aromatic carbocycles. The number of nitrogens with one attached hydrogen (secondary N) is 1. The molecular weight excluding hydrogens is 242 g/mol. The fourth-order valence-corrected chi connectivity index (χ4v) is 1.64. The highest BCUT2D eigenvalue weighted by molar-refractivity contribution is 5.94. The van der Waals surface area contributed by atoms with E-state index in [-0.39, 0.29) is 11.7 Å². The predicted molar refractivity (Wildman–Crippen MR) is 75.5 cm³/mol. The van der Waals surface area contributed by atoms with E-state index >= 15 is 0 Å². The second-order valence-electron chi connectivity index (χ2n) is 4.73. The SMILES string of the molecule is CC(C)c1ccc(C(=O)NCCCC(N)=NO)cc1. The molecule has 0 fully saturated rings. The molecule has 0 atom stereocenters. The number of rotatable bonds is 6. The third-order valence-electron chi connectivity index (χ3n) is 2.86. The van der Waals surface area contributed by atoms with Gasteiger partial charge >= 0.3 is 0 Å². The predicted octanol–water partition coefficient (Wildman–Crippen LogP) is 2.07. The quantitative estimate of drug-likeness (QED) is 0.241. The van der Waals surface area contributed by atoms with Gasteiger partial charge in [-0.1, -0.05) is 31.1 Å². The summed E-state index contributed by atoms with van der Waals surface area (Å²) in [6.45, 7) is 4.73. The average Bonchev–Trinajstić information content (AvgIpc) is 2.43. The van der Waals surface area contributed by atoms with Gasteiger partial charge in [-0.15, -0.1) is 0 Å². The van der Waals surface area contributed by atoms with Crippen LogP contribution in [-0.2, 0) is 0 Å². The van der Waals surface area contributed by atoms with Crippen molar-refractivity contribution in [2.24, 2.45) is 10.9 Å². The zero-order valence-corrected chi connectivity index (χ0v) is 11.4. The van der Waals surface area contributed by atoms with Crippen molar-refractivity contribution in [1.29, 1.82) is 0 Å². The fourth-order valence-electron chi connectivity index (χ4n) is 1.64. The summed E-state index contributed by atoms with van der Waals surface area (Å²) in [6, 6.07) is 7.59. The first-order chi connectivity index (χ1) is 9.04. The zero-order valence-electron chi connectivity index (χ0n) is 11.4. The average molecular weight is 263 g/mol. The van der Waals surface area contributed by atoms with Crippen LogP contribution >= 0.6 is 0 Å². The molecule has 0 unspecified atom stereocenters. The van der Waals surface area contributed by atoms with E-state index in [1.807, 2.05) is 24.3 Å². The molecule has 0 saturated carbocycles. The van der Waals surface area contributed by atoms with Gasteiger partial charge in [0.25, 0.3) is 5.91 Å². The van der Waals surface area contributed by atoms with Crippen LogP contribution in [0, 0.1) is 0 Å². The highest BCUT2D eigenvalue weighted by Crippen LogP contribution is 2.14. The Morgan fingerprint density at radius 2 is 2.00 bits per heavy atom. The van der Waals surface area contributed by atoms with E-state index in [4.69, 9.17) is 10.9 Å². The Labute approximate surface area is 113 Å². The molecule has 1 amide bonds. The molecule has 1 aromatic rings. The van der Waals surface area contributed by atoms with Crippen molar-refractivity contribution in [1.82, 2.24) is 5.32 Å². The maximum absolute atomic E-state index is 11.8. The third-order valence-corrected chi connectivity index (χ3v) is 2.86. The molecule has 4 N–H and O–H groups in total. The van der Waals surface area contributed by atoms with E-state index in [1.54, 1.807) is 0 Å². The van der Waals surface area contributed by atoms with E-state index in [2.05, 4.69) is 24.3 Å². The molecule has 5 heteroatoms. The van der Waals surface area contributed by atoms with E-state index in [9.17, 15) is 4.79 Å². The smallest absolute Gasteiger partial charge is 0.251 e. The minimum atomic E-state index is -0.102. The Morgan fingerprint density at radius 3 is 2.53 bits per heavy atom. The van der Waals surface area contributed by atoms with Crippen molar-refractivity contribution in [2.75, 3.05) is 6.54 Å². The second-order valence-corrected chi connectivity index (χ2v) is 4.73. The molecule has 19 heavy (non-hydrogen) atoms. The Bertz CT molecular complexity index is 439. The Hall–Kier alpha value is -2.04. The number of hydrogen-bond donors (Lipinski definition) is 3. The highest BCUT2D eigenvalue weighted by atomic mass is 16.4. The summed E-state index contributed by atoms with van der Waals surface area (Å²) in [5.74, 6) is 0.531. The summed E-state index contributed by atoms with van der Waals surface area (Å²) in [5, 5.41) is 14.0. The Kier molecular flexibility index (Phi) is 5.85. The van der Waals surface area contributed by atoms with Crippen LogP contribution in [0.5, 0.6) is 0 Å². The molecule has 0 bridgehead atoms. The van der Waals surface area contributed by atoms with Crippen molar-refractivity contribution in [3.63, 3.8) is 0 Å². The van der Waals surface area contributed by atoms with E-state index in [0.29, 0.717) is 30.9 Å². The molecule has 104 valence electrons. The van der Waals surface area contributed by atoms with E-state index < -0.39 is 0 Å². The maximum Gasteiger partial charge on any atom is 0.251 e. The number of nitrogens with zero attached hydrogens (tertiary/aromatic N) is 1. The number of carbonyl (C=O) groups is 1. The first-order valence-corrected chi connectivity index (χ1v) is 6.39. The van der Waals surface area contributed by atoms with Crippen molar-refractivity contribution in [3.8, 4) is 0 Å². The van der Waals surface area contributed by atoms with Gasteiger partial charge in [0.2, 0.25) is 0 Å². The number of amides is 1. The van der Waals surface area contributed by atoms with Crippen LogP contribution in [-0.4, -0.2) is 23.5 Å². The van der Waals surface area contributed by atoms with Gasteiger partial charge < -0.3 is 16.3 Å². The summed E-state index contributed by atoms with van der Waals surface area (Å²) in [7, 11) is 0. The van der Waals surface area contributed by atoms with Crippen LogP contribution in [0.25, 0.3) is 0 Å². The van der Waals surface area contributed by atoms with Gasteiger partial charge in [-0.3, -0.25) is 4.79 Å². The lowest BCUT2D eigenvalue weighted by Crippen LogP contribution is -2.25. The number of amidine groups is 1. The highest BCUT2D eigenvalue weighted by Gasteiger charge is 2.06. The van der Waals surface area contributed by atoms with Crippen LogP contribution in [0.3, 0.4) is 0 Å². The third kappa shape index (κ3) is 4.99. The van der Waals surface area contributed by atoms with Crippen LogP contribution in [0.2, 0.25) is 0 Å². The van der Waals surface area contributed by atoms with Crippen LogP contribution in [0.4, 0.5) is 0 Å². The zero-order chi connectivity index (χ0) is 14.3. The minimum Gasteiger partial charge on any atom is -0.409 e. The number of oxime groups is 1. The topological polar surface area (TPSA) is 87.7 Å². The molecule has 5 nitrogen and oxygen atoms in total. The maximum atomic E-state index is 11.8. The number of nitrogens with two attached hydrogens (primary N) is 1. The van der Waals surface area contributed by atoms with Gasteiger partial charge in [-0.05, 0) is 30.0 Å². The largest absolute Gasteiger partial charge is 0.409 e. The first kappa shape index (κ1) is 15.0. The van der Waals surface area contributed by atoms with Crippen LogP contribution in [0.1, 0.15) is 48.5 Å². The molecule has 0 saturated heterocycles. The molecule has 0 aromatic heterocycles. The number of hydrogen-bond acceptors (Lipinski definition) is 3. The summed E-state index contributed by atoms with van der Waals surface area (Å²) >= 11 is 0. The fraction of sp³-hybridized carbons (Fsp3) is 0.429. The van der Waals surface area contributed by atoms with Crippen molar-refractivity contribution in [3.05, 3.63) is 35.4 Å². The summed E-state index contributed by atoms with van der Waals surface area (Å²) in [5.41, 5.74) is 7.19. The van der Waals surface area contributed by atoms with Crippen LogP contribution in [0.15, 0.2) is 29.4 Å². The normalized spacial score (nSPS) is 11.6. The van der Waals surface area contributed by atoms with Gasteiger partial charge in [0.1, 0.15) is 5.84 Å². The summed E-state index contributed by atoms with van der Waals surface area (Å²) in [6.07, 6.45) is 1.11. The van der Waals surface area contributed by atoms with Gasteiger partial charge in [0, 0.05) is 18.5 Å². The lowest BCUT2D eigenvalue weighted by molar-refractivity contribution is 0.0953. The van der Waals surface area contributed by atoms with E-state index in [0.717, 1.165) is 0 Å². The van der Waals surface area contributed by atoms with Gasteiger partial charge in [-0.25, -0.2) is 0 Å². The van der Waals surface area contributed by atoms with Gasteiger partial charge in [0.15, 0.2) is 0 Å². The summed E-state index contributed by atoms with van der Waals surface area (Å²) < 4.78 is 0. The Morgan fingerprint density at radius 1 is 1.37 bits per heavy atom. The van der Waals surface area contributed by atoms with Crippen molar-refractivity contribution >= 4 is 11.7 Å². The van der Waals surface area contributed by atoms with Crippen molar-refractivity contribution < 1.29 is 10.0 Å². The Balaban J connectivity index is 2.41. The summed E-state index contributed by atoms with van der Waals surface area (Å²) in [4.78, 5) is 11.8. The number of benzene rings is 1. The van der Waals surface area contributed by atoms with Crippen molar-refractivity contribution in [2.45, 2.75) is 32.6 Å². The van der Waals surface area contributed by atoms with Gasteiger partial charge in [-0.2, -0.15) is 0 Å². The molecule has 0 aliphatic rings. The number of carbonyl (C=O) groups excluding carboxylic acids is 1. The molecule has 0 heterocycles. The van der Waals surface area contributed by atoms with E-state index in [1.165, 1.54) is 5.56 Å².